The minimum atomic E-state index is -0.212. The zero-order valence-corrected chi connectivity index (χ0v) is 18.9. The molecule has 2 heterocycles. The highest BCUT2D eigenvalue weighted by Gasteiger charge is 2.45. The fourth-order valence-corrected chi connectivity index (χ4v) is 6.48. The molecule has 0 saturated carbocycles. The Morgan fingerprint density at radius 2 is 1.66 bits per heavy atom. The molecule has 1 atom stereocenters. The SMILES string of the molecule is CCn1c2ccccc2c2cc(CN3CCC4(CC3)c3ccccc3CCC4O)ccc21. The van der Waals surface area contributed by atoms with E-state index < -0.39 is 0 Å². The van der Waals surface area contributed by atoms with Gasteiger partial charge in [0.15, 0.2) is 0 Å². The van der Waals surface area contributed by atoms with Gasteiger partial charge in [-0.2, -0.15) is 0 Å². The predicted molar refractivity (Wildman–Crippen MR) is 132 cm³/mol. The molecule has 1 fully saturated rings. The number of rotatable bonds is 3. The lowest BCUT2D eigenvalue weighted by Gasteiger charge is -2.48. The summed E-state index contributed by atoms with van der Waals surface area (Å²) in [6.45, 7) is 6.28. The van der Waals surface area contributed by atoms with Crippen LogP contribution in [0.3, 0.4) is 0 Å². The number of likely N-dealkylation sites (tertiary alicyclic amines) is 1. The van der Waals surface area contributed by atoms with Crippen LogP contribution < -0.4 is 0 Å². The molecule has 3 aromatic carbocycles. The van der Waals surface area contributed by atoms with Crippen molar-refractivity contribution in [2.75, 3.05) is 13.1 Å². The summed E-state index contributed by atoms with van der Waals surface area (Å²) in [5.74, 6) is 0. The number of para-hydroxylation sites is 1. The van der Waals surface area contributed by atoms with Crippen LogP contribution in [-0.2, 0) is 24.9 Å². The first-order chi connectivity index (χ1) is 15.7. The van der Waals surface area contributed by atoms with E-state index in [-0.39, 0.29) is 11.5 Å². The lowest BCUT2D eigenvalue weighted by atomic mass is 9.63. The molecule has 32 heavy (non-hydrogen) atoms. The summed E-state index contributed by atoms with van der Waals surface area (Å²) >= 11 is 0. The van der Waals surface area contributed by atoms with Gasteiger partial charge in [0.1, 0.15) is 0 Å². The summed E-state index contributed by atoms with van der Waals surface area (Å²) in [6, 6.07) is 24.6. The molecule has 3 heteroatoms. The number of aliphatic hydroxyl groups excluding tert-OH is 1. The highest BCUT2D eigenvalue weighted by molar-refractivity contribution is 6.08. The zero-order chi connectivity index (χ0) is 21.7. The number of nitrogens with zero attached hydrogens (tertiary/aromatic N) is 2. The molecule has 164 valence electrons. The molecule has 1 aromatic heterocycles. The molecule has 6 rings (SSSR count). The van der Waals surface area contributed by atoms with Crippen LogP contribution in [0.4, 0.5) is 0 Å². The minimum Gasteiger partial charge on any atom is -0.392 e. The van der Waals surface area contributed by atoms with Gasteiger partial charge >= 0.3 is 0 Å². The van der Waals surface area contributed by atoms with Gasteiger partial charge < -0.3 is 9.67 Å². The van der Waals surface area contributed by atoms with Gasteiger partial charge in [-0.15, -0.1) is 0 Å². The van der Waals surface area contributed by atoms with Crippen LogP contribution in [0, 0.1) is 0 Å². The summed E-state index contributed by atoms with van der Waals surface area (Å²) < 4.78 is 2.42. The second-order valence-electron chi connectivity index (χ2n) is 9.76. The maximum atomic E-state index is 11.0. The number of fused-ring (bicyclic) bond motifs is 5. The van der Waals surface area contributed by atoms with Gasteiger partial charge in [0.05, 0.1) is 6.10 Å². The molecular weight excluding hydrogens is 392 g/mol. The van der Waals surface area contributed by atoms with E-state index >= 15 is 0 Å². The largest absolute Gasteiger partial charge is 0.392 e. The summed E-state index contributed by atoms with van der Waals surface area (Å²) in [5.41, 5.74) is 6.85. The number of aryl methyl sites for hydroxylation is 2. The van der Waals surface area contributed by atoms with Gasteiger partial charge in [0, 0.05) is 40.3 Å². The van der Waals surface area contributed by atoms with E-state index in [1.54, 1.807) is 0 Å². The molecule has 1 unspecified atom stereocenters. The Labute approximate surface area is 190 Å². The van der Waals surface area contributed by atoms with E-state index in [1.165, 1.54) is 38.5 Å². The van der Waals surface area contributed by atoms with Crippen LogP contribution >= 0.6 is 0 Å². The monoisotopic (exact) mass is 424 g/mol. The average Bonchev–Trinajstić information content (AvgIpc) is 3.16. The molecular formula is C29H32N2O. The van der Waals surface area contributed by atoms with E-state index in [4.69, 9.17) is 0 Å². The van der Waals surface area contributed by atoms with E-state index in [2.05, 4.69) is 83.1 Å². The topological polar surface area (TPSA) is 28.4 Å². The number of aromatic nitrogens is 1. The van der Waals surface area contributed by atoms with Gasteiger partial charge in [-0.25, -0.2) is 0 Å². The van der Waals surface area contributed by atoms with Crippen molar-refractivity contribution < 1.29 is 5.11 Å². The van der Waals surface area contributed by atoms with Crippen LogP contribution in [-0.4, -0.2) is 33.8 Å². The maximum Gasteiger partial charge on any atom is 0.0641 e. The molecule has 1 spiro atoms. The molecule has 4 aromatic rings. The molecule has 1 aliphatic heterocycles. The standard InChI is InChI=1S/C29H32N2O/c1-2-31-26-10-6-4-8-23(26)24-19-21(11-13-27(24)31)20-30-17-15-29(16-18-30)25-9-5-3-7-22(25)12-14-28(29)32/h3-11,13,19,28,32H,2,12,14-18,20H2,1H3. The third-order valence-corrected chi connectivity index (χ3v) is 8.19. The normalized spacial score (nSPS) is 20.8. The van der Waals surface area contributed by atoms with Crippen molar-refractivity contribution in [3.8, 4) is 0 Å². The van der Waals surface area contributed by atoms with Crippen molar-refractivity contribution in [3.05, 3.63) is 83.4 Å². The first kappa shape index (κ1) is 20.0. The molecule has 2 aliphatic rings. The highest BCUT2D eigenvalue weighted by Crippen LogP contribution is 2.45. The smallest absolute Gasteiger partial charge is 0.0641 e. The molecule has 0 radical (unpaired) electrons. The molecule has 0 bridgehead atoms. The van der Waals surface area contributed by atoms with Gasteiger partial charge in [-0.05, 0) is 80.6 Å². The van der Waals surface area contributed by atoms with Gasteiger partial charge in [-0.1, -0.05) is 48.5 Å². The van der Waals surface area contributed by atoms with Crippen LogP contribution in [0.2, 0.25) is 0 Å². The van der Waals surface area contributed by atoms with Gasteiger partial charge in [0.25, 0.3) is 0 Å². The number of piperidine rings is 1. The van der Waals surface area contributed by atoms with Crippen molar-refractivity contribution in [2.24, 2.45) is 0 Å². The van der Waals surface area contributed by atoms with Gasteiger partial charge in [0.2, 0.25) is 0 Å². The van der Waals surface area contributed by atoms with E-state index in [0.29, 0.717) is 0 Å². The van der Waals surface area contributed by atoms with Crippen molar-refractivity contribution in [3.63, 3.8) is 0 Å². The lowest BCUT2D eigenvalue weighted by molar-refractivity contribution is 0.0163. The quantitative estimate of drug-likeness (QED) is 0.460. The van der Waals surface area contributed by atoms with Gasteiger partial charge in [-0.3, -0.25) is 4.90 Å². The van der Waals surface area contributed by atoms with Crippen LogP contribution in [0.25, 0.3) is 21.8 Å². The Morgan fingerprint density at radius 3 is 2.50 bits per heavy atom. The molecule has 3 nitrogen and oxygen atoms in total. The lowest BCUT2D eigenvalue weighted by Crippen LogP contribution is -2.51. The fraction of sp³-hybridized carbons (Fsp3) is 0.379. The van der Waals surface area contributed by atoms with Crippen LogP contribution in [0.5, 0.6) is 0 Å². The van der Waals surface area contributed by atoms with Crippen molar-refractivity contribution in [2.45, 2.75) is 57.2 Å². The van der Waals surface area contributed by atoms with Crippen molar-refractivity contribution in [1.82, 2.24) is 9.47 Å². The second kappa shape index (κ2) is 7.75. The fourth-order valence-electron chi connectivity index (χ4n) is 6.48. The van der Waals surface area contributed by atoms with Crippen molar-refractivity contribution in [1.29, 1.82) is 0 Å². The zero-order valence-electron chi connectivity index (χ0n) is 18.9. The van der Waals surface area contributed by atoms with Crippen LogP contribution in [0.15, 0.2) is 66.7 Å². The summed E-state index contributed by atoms with van der Waals surface area (Å²) in [7, 11) is 0. The number of hydrogen-bond donors (Lipinski definition) is 1. The Bertz CT molecular complexity index is 1280. The Morgan fingerprint density at radius 1 is 0.906 bits per heavy atom. The molecule has 1 N–H and O–H groups in total. The average molecular weight is 425 g/mol. The maximum absolute atomic E-state index is 11.0. The second-order valence-corrected chi connectivity index (χ2v) is 9.76. The first-order valence-corrected chi connectivity index (χ1v) is 12.2. The minimum absolute atomic E-state index is 0.0517. The summed E-state index contributed by atoms with van der Waals surface area (Å²) in [4.78, 5) is 2.58. The van der Waals surface area contributed by atoms with E-state index in [1.807, 2.05) is 0 Å². The molecule has 1 saturated heterocycles. The number of hydrogen-bond acceptors (Lipinski definition) is 2. The third-order valence-electron chi connectivity index (χ3n) is 8.19. The van der Waals surface area contributed by atoms with Crippen LogP contribution in [0.1, 0.15) is 42.9 Å². The third kappa shape index (κ3) is 3.02. The molecule has 0 amide bonds. The predicted octanol–water partition coefficient (Wildman–Crippen LogP) is 5.66. The number of benzene rings is 3. The van der Waals surface area contributed by atoms with E-state index in [9.17, 15) is 5.11 Å². The Balaban J connectivity index is 1.26. The first-order valence-electron chi connectivity index (χ1n) is 12.2. The number of aliphatic hydroxyl groups is 1. The highest BCUT2D eigenvalue weighted by atomic mass is 16.3. The summed E-state index contributed by atoms with van der Waals surface area (Å²) in [5, 5.41) is 13.7. The summed E-state index contributed by atoms with van der Waals surface area (Å²) in [6.07, 6.45) is 3.78. The Hall–Kier alpha value is -2.62. The Kier molecular flexibility index (Phi) is 4.85. The van der Waals surface area contributed by atoms with Crippen molar-refractivity contribution >= 4 is 21.8 Å². The van der Waals surface area contributed by atoms with E-state index in [0.717, 1.165) is 51.9 Å². The molecule has 1 aliphatic carbocycles.